The molecule has 0 radical (unpaired) electrons. The van der Waals surface area contributed by atoms with Crippen LogP contribution in [-0.4, -0.2) is 23.4 Å². The average molecular weight is 328 g/mol. The number of methoxy groups -OCH3 is 1. The van der Waals surface area contributed by atoms with E-state index in [1.165, 1.54) is 23.8 Å². The predicted molar refractivity (Wildman–Crippen MR) is 90.6 cm³/mol. The molecule has 0 aromatic heterocycles. The van der Waals surface area contributed by atoms with Crippen molar-refractivity contribution in [3.8, 4) is 17.2 Å². The topological polar surface area (TPSA) is 90.8 Å². The fourth-order valence-corrected chi connectivity index (χ4v) is 3.00. The van der Waals surface area contributed by atoms with Gasteiger partial charge in [-0.3, -0.25) is 0 Å². The Morgan fingerprint density at radius 3 is 2.83 bits per heavy atom. The van der Waals surface area contributed by atoms with E-state index in [-0.39, 0.29) is 18.0 Å². The zero-order valence-electron chi connectivity index (χ0n) is 13.4. The van der Waals surface area contributed by atoms with Crippen LogP contribution in [0, 0.1) is 0 Å². The lowest BCUT2D eigenvalue weighted by molar-refractivity contribution is 0.251. The second kappa shape index (κ2) is 6.70. The normalized spacial score (nSPS) is 12.5. The number of aryl methyl sites for hydroxylation is 1. The standard InChI is InChI=1S/C18H20N2O4/c1-24-16-8-5-11-3-2-4-14(11)17(16)20-18(23)19-10-12-9-13(21)6-7-15(12)22/h5-9,21-22H,2-4,10H2,1H3,(H2,19,20,23). The lowest BCUT2D eigenvalue weighted by Gasteiger charge is -2.15. The predicted octanol–water partition coefficient (Wildman–Crippen LogP) is 2.92. The van der Waals surface area contributed by atoms with Crippen molar-refractivity contribution >= 4 is 11.7 Å². The second-order valence-corrected chi connectivity index (χ2v) is 5.75. The van der Waals surface area contributed by atoms with Crippen molar-refractivity contribution in [3.63, 3.8) is 0 Å². The number of hydrogen-bond acceptors (Lipinski definition) is 4. The van der Waals surface area contributed by atoms with Crippen LogP contribution >= 0.6 is 0 Å². The molecule has 0 fully saturated rings. The molecule has 1 aliphatic carbocycles. The van der Waals surface area contributed by atoms with Crippen molar-refractivity contribution in [1.29, 1.82) is 0 Å². The van der Waals surface area contributed by atoms with Crippen LogP contribution in [0.15, 0.2) is 30.3 Å². The zero-order chi connectivity index (χ0) is 17.1. The molecule has 126 valence electrons. The molecule has 2 aromatic carbocycles. The Balaban J connectivity index is 1.71. The largest absolute Gasteiger partial charge is 0.508 e. The van der Waals surface area contributed by atoms with Crippen LogP contribution in [0.25, 0.3) is 0 Å². The first-order valence-electron chi connectivity index (χ1n) is 7.83. The van der Waals surface area contributed by atoms with Gasteiger partial charge in [-0.25, -0.2) is 4.79 Å². The Bertz CT molecular complexity index is 774. The molecule has 2 aromatic rings. The van der Waals surface area contributed by atoms with E-state index in [2.05, 4.69) is 10.6 Å². The van der Waals surface area contributed by atoms with Crippen molar-refractivity contribution in [3.05, 3.63) is 47.0 Å². The number of aromatic hydroxyl groups is 2. The van der Waals surface area contributed by atoms with E-state index >= 15 is 0 Å². The molecule has 6 nitrogen and oxygen atoms in total. The average Bonchev–Trinajstić information content (AvgIpc) is 3.05. The van der Waals surface area contributed by atoms with Crippen LogP contribution in [0.4, 0.5) is 10.5 Å². The first-order chi connectivity index (χ1) is 11.6. The smallest absolute Gasteiger partial charge is 0.319 e. The summed E-state index contributed by atoms with van der Waals surface area (Å²) in [4.78, 5) is 12.2. The van der Waals surface area contributed by atoms with Crippen LogP contribution in [0.5, 0.6) is 17.2 Å². The summed E-state index contributed by atoms with van der Waals surface area (Å²) < 4.78 is 5.35. The molecule has 24 heavy (non-hydrogen) atoms. The van der Waals surface area contributed by atoms with Gasteiger partial charge in [0, 0.05) is 12.1 Å². The van der Waals surface area contributed by atoms with Gasteiger partial charge >= 0.3 is 6.03 Å². The molecule has 6 heteroatoms. The fourth-order valence-electron chi connectivity index (χ4n) is 3.00. The molecule has 0 bridgehead atoms. The van der Waals surface area contributed by atoms with Crippen molar-refractivity contribution in [2.75, 3.05) is 12.4 Å². The molecular weight excluding hydrogens is 308 g/mol. The summed E-state index contributed by atoms with van der Waals surface area (Å²) in [7, 11) is 1.57. The molecule has 0 saturated carbocycles. The van der Waals surface area contributed by atoms with Gasteiger partial charge in [-0.15, -0.1) is 0 Å². The van der Waals surface area contributed by atoms with Gasteiger partial charge in [-0.1, -0.05) is 6.07 Å². The van der Waals surface area contributed by atoms with E-state index in [9.17, 15) is 15.0 Å². The van der Waals surface area contributed by atoms with Crippen LogP contribution in [0.2, 0.25) is 0 Å². The number of carbonyl (C=O) groups excluding carboxylic acids is 1. The van der Waals surface area contributed by atoms with Crippen LogP contribution in [0.1, 0.15) is 23.1 Å². The molecule has 0 saturated heterocycles. The molecule has 4 N–H and O–H groups in total. The number of benzene rings is 2. The summed E-state index contributed by atoms with van der Waals surface area (Å²) in [6.07, 6.45) is 2.98. The summed E-state index contributed by atoms with van der Waals surface area (Å²) >= 11 is 0. The minimum Gasteiger partial charge on any atom is -0.508 e. The molecule has 0 unspecified atom stereocenters. The van der Waals surface area contributed by atoms with E-state index < -0.39 is 6.03 Å². The van der Waals surface area contributed by atoms with Gasteiger partial charge in [0.15, 0.2) is 0 Å². The molecule has 0 spiro atoms. The van der Waals surface area contributed by atoms with Gasteiger partial charge in [-0.05, 0) is 54.7 Å². The van der Waals surface area contributed by atoms with Crippen LogP contribution in [0.3, 0.4) is 0 Å². The van der Waals surface area contributed by atoms with E-state index in [0.717, 1.165) is 24.8 Å². The molecule has 0 heterocycles. The zero-order valence-corrected chi connectivity index (χ0v) is 13.4. The maximum Gasteiger partial charge on any atom is 0.319 e. The van der Waals surface area contributed by atoms with E-state index in [1.54, 1.807) is 7.11 Å². The van der Waals surface area contributed by atoms with Crippen molar-refractivity contribution in [1.82, 2.24) is 5.32 Å². The number of fused-ring (bicyclic) bond motifs is 1. The van der Waals surface area contributed by atoms with E-state index in [0.29, 0.717) is 17.0 Å². The number of urea groups is 1. The summed E-state index contributed by atoms with van der Waals surface area (Å²) in [6.45, 7) is 0.101. The van der Waals surface area contributed by atoms with Gasteiger partial charge in [0.25, 0.3) is 0 Å². The molecule has 1 aliphatic rings. The highest BCUT2D eigenvalue weighted by Gasteiger charge is 2.20. The number of ether oxygens (including phenoxy) is 1. The third-order valence-corrected chi connectivity index (χ3v) is 4.21. The van der Waals surface area contributed by atoms with Gasteiger partial charge in [0.1, 0.15) is 17.2 Å². The lowest BCUT2D eigenvalue weighted by atomic mass is 10.1. The van der Waals surface area contributed by atoms with Crippen LogP contribution < -0.4 is 15.4 Å². The molecule has 2 amide bonds. The second-order valence-electron chi connectivity index (χ2n) is 5.75. The number of anilines is 1. The summed E-state index contributed by atoms with van der Waals surface area (Å²) in [6, 6.07) is 7.69. The van der Waals surface area contributed by atoms with Gasteiger partial charge in [0.05, 0.1) is 12.8 Å². The Kier molecular flexibility index (Phi) is 4.46. The first-order valence-corrected chi connectivity index (χ1v) is 7.83. The molecule has 0 aliphatic heterocycles. The third-order valence-electron chi connectivity index (χ3n) is 4.21. The highest BCUT2D eigenvalue weighted by molar-refractivity contribution is 5.92. The van der Waals surface area contributed by atoms with Crippen molar-refractivity contribution < 1.29 is 19.7 Å². The number of carbonyl (C=O) groups is 1. The minimum atomic E-state index is -0.392. The van der Waals surface area contributed by atoms with Gasteiger partial charge in [-0.2, -0.15) is 0 Å². The van der Waals surface area contributed by atoms with Gasteiger partial charge < -0.3 is 25.6 Å². The SMILES string of the molecule is COc1ccc2c(c1NC(=O)NCc1cc(O)ccc1O)CCC2. The molecule has 3 rings (SSSR count). The maximum atomic E-state index is 12.2. The van der Waals surface area contributed by atoms with Crippen LogP contribution in [-0.2, 0) is 19.4 Å². The Labute approximate surface area is 140 Å². The van der Waals surface area contributed by atoms with E-state index in [1.807, 2.05) is 12.1 Å². The Morgan fingerprint density at radius 2 is 2.04 bits per heavy atom. The molecule has 0 atom stereocenters. The maximum absolute atomic E-state index is 12.2. The van der Waals surface area contributed by atoms with Crippen molar-refractivity contribution in [2.45, 2.75) is 25.8 Å². The number of phenols is 2. The lowest BCUT2D eigenvalue weighted by Crippen LogP contribution is -2.28. The third kappa shape index (κ3) is 3.22. The Morgan fingerprint density at radius 1 is 1.21 bits per heavy atom. The summed E-state index contributed by atoms with van der Waals surface area (Å²) in [5, 5.41) is 24.7. The quantitative estimate of drug-likeness (QED) is 0.650. The molecular formula is C18H20N2O4. The number of phenolic OH excluding ortho intramolecular Hbond substituents is 2. The van der Waals surface area contributed by atoms with Crippen molar-refractivity contribution in [2.24, 2.45) is 0 Å². The highest BCUT2D eigenvalue weighted by atomic mass is 16.5. The summed E-state index contributed by atoms with van der Waals surface area (Å²) in [5.74, 6) is 0.685. The Hall–Kier alpha value is -2.89. The minimum absolute atomic E-state index is 0.0197. The number of rotatable bonds is 4. The van der Waals surface area contributed by atoms with E-state index in [4.69, 9.17) is 4.74 Å². The van der Waals surface area contributed by atoms with Gasteiger partial charge in [0.2, 0.25) is 0 Å². The number of amides is 2. The fraction of sp³-hybridized carbons (Fsp3) is 0.278. The first kappa shape index (κ1) is 16.0. The highest BCUT2D eigenvalue weighted by Crippen LogP contribution is 2.36. The monoisotopic (exact) mass is 328 g/mol. The number of hydrogen-bond donors (Lipinski definition) is 4. The number of nitrogens with one attached hydrogen (secondary N) is 2. The summed E-state index contributed by atoms with van der Waals surface area (Å²) in [5.41, 5.74) is 3.49.